The summed E-state index contributed by atoms with van der Waals surface area (Å²) in [4.78, 5) is 23.4. The van der Waals surface area contributed by atoms with Crippen molar-refractivity contribution in [2.75, 3.05) is 10.6 Å². The Labute approximate surface area is 174 Å². The number of benzene rings is 2. The molecular weight excluding hydrogens is 403 g/mol. The highest BCUT2D eigenvalue weighted by Gasteiger charge is 2.12. The van der Waals surface area contributed by atoms with Crippen molar-refractivity contribution in [1.29, 1.82) is 0 Å². The van der Waals surface area contributed by atoms with Crippen molar-refractivity contribution in [2.24, 2.45) is 0 Å². The van der Waals surface area contributed by atoms with E-state index in [0.717, 1.165) is 11.1 Å². The number of halogens is 2. The number of carbonyl (C=O) groups is 2. The monoisotopic (exact) mass is 424 g/mol. The second kappa shape index (κ2) is 9.66. The summed E-state index contributed by atoms with van der Waals surface area (Å²) in [5, 5.41) is 5.91. The Balaban J connectivity index is 2.15. The third-order valence-electron chi connectivity index (χ3n) is 3.43. The maximum Gasteiger partial charge on any atom is 0.411 e. The third kappa shape index (κ3) is 6.32. The maximum absolute atomic E-state index is 11.7. The van der Waals surface area contributed by atoms with E-state index >= 15 is 0 Å². The summed E-state index contributed by atoms with van der Waals surface area (Å²) in [6.45, 7) is 7.04. The molecule has 0 saturated heterocycles. The number of rotatable bonds is 5. The molecule has 0 aromatic heterocycles. The number of anilines is 2. The summed E-state index contributed by atoms with van der Waals surface area (Å²) in [5.74, 6) is 0. The van der Waals surface area contributed by atoms with E-state index in [4.69, 9.17) is 32.7 Å². The minimum absolute atomic E-state index is 0.231. The lowest BCUT2D eigenvalue weighted by atomic mass is 10.0. The van der Waals surface area contributed by atoms with Gasteiger partial charge < -0.3 is 9.47 Å². The van der Waals surface area contributed by atoms with Gasteiger partial charge in [-0.25, -0.2) is 9.59 Å². The van der Waals surface area contributed by atoms with E-state index in [1.54, 1.807) is 64.1 Å². The van der Waals surface area contributed by atoms with E-state index in [2.05, 4.69) is 10.6 Å². The van der Waals surface area contributed by atoms with Gasteiger partial charge in [-0.3, -0.25) is 10.6 Å². The van der Waals surface area contributed by atoms with Crippen LogP contribution in [0.15, 0.2) is 36.4 Å². The fourth-order valence-corrected chi connectivity index (χ4v) is 2.75. The highest BCUT2D eigenvalue weighted by Crippen LogP contribution is 2.32. The van der Waals surface area contributed by atoms with Gasteiger partial charge in [0.05, 0.1) is 33.6 Å². The van der Waals surface area contributed by atoms with Crippen molar-refractivity contribution in [3.8, 4) is 11.1 Å². The van der Waals surface area contributed by atoms with Crippen LogP contribution < -0.4 is 10.6 Å². The Bertz CT molecular complexity index is 798. The molecule has 6 nitrogen and oxygen atoms in total. The van der Waals surface area contributed by atoms with Gasteiger partial charge in [0.2, 0.25) is 0 Å². The smallest absolute Gasteiger partial charge is 0.411 e. The summed E-state index contributed by atoms with van der Waals surface area (Å²) in [7, 11) is 0. The van der Waals surface area contributed by atoms with Gasteiger partial charge in [-0.15, -0.1) is 0 Å². The first-order valence-corrected chi connectivity index (χ1v) is 9.46. The average Bonchev–Trinajstić information content (AvgIpc) is 2.57. The number of hydrogen-bond donors (Lipinski definition) is 2. The van der Waals surface area contributed by atoms with Crippen molar-refractivity contribution in [2.45, 2.75) is 39.9 Å². The van der Waals surface area contributed by atoms with Crippen molar-refractivity contribution in [3.63, 3.8) is 0 Å². The molecule has 28 heavy (non-hydrogen) atoms. The van der Waals surface area contributed by atoms with Gasteiger partial charge >= 0.3 is 12.2 Å². The standard InChI is InChI=1S/C20H22Cl2N2O4/c1-11(2)27-19(25)23-17-7-5-13(9-15(17)21)14-6-8-18(16(22)10-14)24-20(26)28-12(3)4/h5-12H,1-4H3,(H,23,25)(H,24,26). The number of ether oxygens (including phenoxy) is 2. The third-order valence-corrected chi connectivity index (χ3v) is 4.06. The van der Waals surface area contributed by atoms with Crippen LogP contribution in [0.1, 0.15) is 27.7 Å². The highest BCUT2D eigenvalue weighted by molar-refractivity contribution is 6.34. The lowest BCUT2D eigenvalue weighted by Crippen LogP contribution is -2.18. The molecule has 2 rings (SSSR count). The first kappa shape index (κ1) is 21.9. The summed E-state index contributed by atoms with van der Waals surface area (Å²) >= 11 is 12.5. The van der Waals surface area contributed by atoms with E-state index in [1.165, 1.54) is 0 Å². The van der Waals surface area contributed by atoms with E-state index in [9.17, 15) is 9.59 Å². The Kier molecular flexibility index (Phi) is 7.54. The molecule has 150 valence electrons. The second-order valence-corrected chi connectivity index (χ2v) is 7.36. The Morgan fingerprint density at radius 3 is 1.39 bits per heavy atom. The van der Waals surface area contributed by atoms with Crippen molar-refractivity contribution >= 4 is 46.8 Å². The van der Waals surface area contributed by atoms with Crippen LogP contribution in [0.25, 0.3) is 11.1 Å². The molecule has 2 aromatic rings. The van der Waals surface area contributed by atoms with Crippen LogP contribution in [-0.2, 0) is 9.47 Å². The first-order valence-electron chi connectivity index (χ1n) is 8.70. The zero-order valence-corrected chi connectivity index (χ0v) is 17.5. The molecule has 0 bridgehead atoms. The van der Waals surface area contributed by atoms with Gasteiger partial charge in [-0.2, -0.15) is 0 Å². The molecule has 2 amide bonds. The SMILES string of the molecule is CC(C)OC(=O)Nc1ccc(-c2ccc(NC(=O)OC(C)C)c(Cl)c2)cc1Cl. The van der Waals surface area contributed by atoms with Gasteiger partial charge in [-0.1, -0.05) is 35.3 Å². The van der Waals surface area contributed by atoms with Crippen LogP contribution in [0.2, 0.25) is 10.0 Å². The van der Waals surface area contributed by atoms with E-state index in [-0.39, 0.29) is 12.2 Å². The normalized spacial score (nSPS) is 10.7. The number of nitrogens with one attached hydrogen (secondary N) is 2. The van der Waals surface area contributed by atoms with Gasteiger partial charge in [-0.05, 0) is 63.1 Å². The fourth-order valence-electron chi connectivity index (χ4n) is 2.30. The molecule has 0 fully saturated rings. The minimum Gasteiger partial charge on any atom is -0.447 e. The predicted molar refractivity (Wildman–Crippen MR) is 112 cm³/mol. The van der Waals surface area contributed by atoms with Crippen LogP contribution >= 0.6 is 23.2 Å². The van der Waals surface area contributed by atoms with Crippen LogP contribution in [0.3, 0.4) is 0 Å². The molecule has 0 aliphatic carbocycles. The van der Waals surface area contributed by atoms with Gasteiger partial charge in [0.15, 0.2) is 0 Å². The number of hydrogen-bond acceptors (Lipinski definition) is 4. The van der Waals surface area contributed by atoms with Crippen LogP contribution in [0, 0.1) is 0 Å². The first-order chi connectivity index (χ1) is 13.2. The van der Waals surface area contributed by atoms with Gasteiger partial charge in [0, 0.05) is 0 Å². The van der Waals surface area contributed by atoms with Crippen LogP contribution in [0.4, 0.5) is 21.0 Å². The Hall–Kier alpha value is -2.44. The number of carbonyl (C=O) groups excluding carboxylic acids is 2. The molecular formula is C20H22Cl2N2O4. The topological polar surface area (TPSA) is 76.7 Å². The molecule has 0 aliphatic heterocycles. The molecule has 2 N–H and O–H groups in total. The zero-order chi connectivity index (χ0) is 20.8. The minimum atomic E-state index is -0.573. The quantitative estimate of drug-likeness (QED) is 0.568. The Morgan fingerprint density at radius 1 is 0.750 bits per heavy atom. The molecule has 0 spiro atoms. The Morgan fingerprint density at radius 2 is 1.11 bits per heavy atom. The number of amides is 2. The van der Waals surface area contributed by atoms with Crippen LogP contribution in [0.5, 0.6) is 0 Å². The van der Waals surface area contributed by atoms with Gasteiger partial charge in [0.1, 0.15) is 0 Å². The van der Waals surface area contributed by atoms with E-state index < -0.39 is 12.2 Å². The van der Waals surface area contributed by atoms with Crippen molar-refractivity contribution in [1.82, 2.24) is 0 Å². The molecule has 0 saturated carbocycles. The molecule has 2 aromatic carbocycles. The lowest BCUT2D eigenvalue weighted by Gasteiger charge is -2.13. The highest BCUT2D eigenvalue weighted by atomic mass is 35.5. The fraction of sp³-hybridized carbons (Fsp3) is 0.300. The predicted octanol–water partition coefficient (Wildman–Crippen LogP) is 6.57. The molecule has 8 heteroatoms. The lowest BCUT2D eigenvalue weighted by molar-refractivity contribution is 0.129. The zero-order valence-electron chi connectivity index (χ0n) is 16.0. The van der Waals surface area contributed by atoms with Crippen LogP contribution in [-0.4, -0.2) is 24.4 Å². The molecule has 0 unspecified atom stereocenters. The van der Waals surface area contributed by atoms with E-state index in [0.29, 0.717) is 21.4 Å². The summed E-state index contributed by atoms with van der Waals surface area (Å²) in [5.41, 5.74) is 2.48. The largest absolute Gasteiger partial charge is 0.447 e. The van der Waals surface area contributed by atoms with Crippen molar-refractivity contribution in [3.05, 3.63) is 46.4 Å². The molecule has 0 atom stereocenters. The van der Waals surface area contributed by atoms with Crippen molar-refractivity contribution < 1.29 is 19.1 Å². The summed E-state index contributed by atoms with van der Waals surface area (Å²) in [6, 6.07) is 10.4. The molecule has 0 aliphatic rings. The second-order valence-electron chi connectivity index (χ2n) is 6.55. The average molecular weight is 425 g/mol. The van der Waals surface area contributed by atoms with Gasteiger partial charge in [0.25, 0.3) is 0 Å². The maximum atomic E-state index is 11.7. The molecule has 0 radical (unpaired) electrons. The summed E-state index contributed by atoms with van der Waals surface area (Å²) in [6.07, 6.45) is -1.61. The molecule has 0 heterocycles. The summed E-state index contributed by atoms with van der Waals surface area (Å²) < 4.78 is 10.1. The van der Waals surface area contributed by atoms with E-state index in [1.807, 2.05) is 0 Å².